The number of hydrogen-bond donors (Lipinski definition) is 1. The van der Waals surface area contributed by atoms with Crippen LogP contribution in [0.5, 0.6) is 0 Å². The van der Waals surface area contributed by atoms with Crippen LogP contribution >= 0.6 is 0 Å². The first-order valence-electron chi connectivity index (χ1n) is 10.9. The molecule has 1 aliphatic heterocycles. The molecule has 0 spiro atoms. The summed E-state index contributed by atoms with van der Waals surface area (Å²) in [6, 6.07) is 10.4. The van der Waals surface area contributed by atoms with E-state index in [1.807, 2.05) is 6.07 Å². The van der Waals surface area contributed by atoms with Crippen molar-refractivity contribution in [3.63, 3.8) is 0 Å². The van der Waals surface area contributed by atoms with Gasteiger partial charge >= 0.3 is 0 Å². The van der Waals surface area contributed by atoms with E-state index in [2.05, 4.69) is 43.1 Å². The zero-order valence-corrected chi connectivity index (χ0v) is 18.4. The molecule has 1 saturated carbocycles. The fourth-order valence-electron chi connectivity index (χ4n) is 4.88. The van der Waals surface area contributed by atoms with E-state index in [1.54, 1.807) is 19.5 Å². The van der Waals surface area contributed by atoms with Crippen molar-refractivity contribution in [1.82, 2.24) is 4.98 Å². The Morgan fingerprint density at radius 3 is 2.55 bits per heavy atom. The number of methoxy groups -OCH3 is 1. The molecule has 0 bridgehead atoms. The van der Waals surface area contributed by atoms with E-state index in [-0.39, 0.29) is 5.92 Å². The van der Waals surface area contributed by atoms with Crippen LogP contribution in [0.2, 0.25) is 0 Å². The number of amidine groups is 1. The molecule has 2 N–H and O–H groups in total. The minimum absolute atomic E-state index is 0.263. The van der Waals surface area contributed by atoms with Gasteiger partial charge in [-0.2, -0.15) is 5.26 Å². The van der Waals surface area contributed by atoms with Gasteiger partial charge in [-0.05, 0) is 62.3 Å². The third kappa shape index (κ3) is 3.86. The number of aromatic nitrogens is 1. The van der Waals surface area contributed by atoms with Gasteiger partial charge in [0.05, 0.1) is 17.4 Å². The minimum Gasteiger partial charge on any atom is -0.382 e. The molecular formula is C25H29N5O. The van der Waals surface area contributed by atoms with Crippen LogP contribution < -0.4 is 5.73 Å². The van der Waals surface area contributed by atoms with Crippen molar-refractivity contribution < 1.29 is 4.74 Å². The van der Waals surface area contributed by atoms with Crippen LogP contribution in [0.15, 0.2) is 46.6 Å². The number of ether oxygens (including phenoxy) is 1. The van der Waals surface area contributed by atoms with E-state index in [9.17, 15) is 5.26 Å². The van der Waals surface area contributed by atoms with Gasteiger partial charge in [-0.3, -0.25) is 9.98 Å². The van der Waals surface area contributed by atoms with E-state index in [4.69, 9.17) is 20.5 Å². The first kappa shape index (κ1) is 21.2. The van der Waals surface area contributed by atoms with Gasteiger partial charge in [0, 0.05) is 36.5 Å². The molecule has 31 heavy (non-hydrogen) atoms. The minimum atomic E-state index is -0.700. The Hall–Kier alpha value is -3.04. The smallest absolute Gasteiger partial charge is 0.181 e. The molecular weight excluding hydrogens is 386 g/mol. The molecule has 1 atom stereocenters. The summed E-state index contributed by atoms with van der Waals surface area (Å²) in [5.74, 6) is 0.813. The van der Waals surface area contributed by atoms with Gasteiger partial charge < -0.3 is 10.5 Å². The second kappa shape index (κ2) is 8.60. The lowest BCUT2D eigenvalue weighted by Gasteiger charge is -2.38. The Kier molecular flexibility index (Phi) is 5.88. The number of aliphatic imine (C=N–C) groups is 2. The first-order chi connectivity index (χ1) is 15.0. The fourth-order valence-corrected chi connectivity index (χ4v) is 4.88. The summed E-state index contributed by atoms with van der Waals surface area (Å²) in [5, 5.41) is 9.27. The molecule has 0 amide bonds. The van der Waals surface area contributed by atoms with Crippen molar-refractivity contribution in [2.75, 3.05) is 7.11 Å². The van der Waals surface area contributed by atoms with E-state index in [0.717, 1.165) is 60.1 Å². The standard InChI is InChI=1S/C25H29N5O/c1-4-23-24(27)30-25(29-23,20-7-9-21(31-3)10-8-20)22-12-18(6-5-16(22)2)19-11-17(13-26)14-28-15-19/h5-6,11-12,14-15,20-21H,4,7-10H2,1-3H3,(H2,27,30). The molecule has 0 radical (unpaired) electrons. The summed E-state index contributed by atoms with van der Waals surface area (Å²) < 4.78 is 5.60. The molecule has 6 nitrogen and oxygen atoms in total. The molecule has 1 fully saturated rings. The second-order valence-electron chi connectivity index (χ2n) is 8.45. The average Bonchev–Trinajstić information content (AvgIpc) is 3.16. The highest BCUT2D eigenvalue weighted by Crippen LogP contribution is 2.47. The van der Waals surface area contributed by atoms with Gasteiger partial charge in [-0.1, -0.05) is 19.1 Å². The maximum Gasteiger partial charge on any atom is 0.181 e. The lowest BCUT2D eigenvalue weighted by Crippen LogP contribution is -2.36. The number of benzene rings is 1. The van der Waals surface area contributed by atoms with E-state index in [1.165, 1.54) is 0 Å². The van der Waals surface area contributed by atoms with Gasteiger partial charge in [-0.25, -0.2) is 4.99 Å². The quantitative estimate of drug-likeness (QED) is 0.777. The largest absolute Gasteiger partial charge is 0.382 e. The zero-order chi connectivity index (χ0) is 22.0. The van der Waals surface area contributed by atoms with Crippen molar-refractivity contribution in [2.24, 2.45) is 21.6 Å². The van der Waals surface area contributed by atoms with E-state index < -0.39 is 5.66 Å². The van der Waals surface area contributed by atoms with Crippen LogP contribution in [-0.4, -0.2) is 29.7 Å². The van der Waals surface area contributed by atoms with Crippen molar-refractivity contribution in [1.29, 1.82) is 5.26 Å². The van der Waals surface area contributed by atoms with Crippen LogP contribution in [0.25, 0.3) is 11.1 Å². The molecule has 4 rings (SSSR count). The second-order valence-corrected chi connectivity index (χ2v) is 8.45. The van der Waals surface area contributed by atoms with Crippen LogP contribution in [0.4, 0.5) is 0 Å². The maximum atomic E-state index is 9.27. The molecule has 2 aromatic rings. The van der Waals surface area contributed by atoms with Crippen molar-refractivity contribution >= 4 is 11.5 Å². The highest BCUT2D eigenvalue weighted by atomic mass is 16.5. The van der Waals surface area contributed by atoms with Gasteiger partial charge in [0.2, 0.25) is 0 Å². The topological polar surface area (TPSA) is 96.6 Å². The predicted octanol–water partition coefficient (Wildman–Crippen LogP) is 4.51. The number of nitrogens with two attached hydrogens (primary N) is 1. The van der Waals surface area contributed by atoms with Gasteiger partial charge in [0.25, 0.3) is 0 Å². The molecule has 2 heterocycles. The SMILES string of the molecule is CCC1=NC(c2cc(-c3cncc(C#N)c3)ccc2C)(C2CCC(OC)CC2)N=C1N. The fraction of sp³-hybridized carbons (Fsp3) is 0.440. The summed E-state index contributed by atoms with van der Waals surface area (Å²) in [6.45, 7) is 4.18. The van der Waals surface area contributed by atoms with E-state index >= 15 is 0 Å². The number of rotatable bonds is 5. The van der Waals surface area contributed by atoms with Crippen molar-refractivity contribution in [3.8, 4) is 17.2 Å². The highest BCUT2D eigenvalue weighted by Gasteiger charge is 2.46. The molecule has 1 aromatic heterocycles. The summed E-state index contributed by atoms with van der Waals surface area (Å²) >= 11 is 0. The molecule has 1 unspecified atom stereocenters. The Morgan fingerprint density at radius 2 is 1.90 bits per heavy atom. The summed E-state index contributed by atoms with van der Waals surface area (Å²) in [7, 11) is 1.79. The van der Waals surface area contributed by atoms with Crippen LogP contribution in [0.1, 0.15) is 55.7 Å². The monoisotopic (exact) mass is 415 g/mol. The zero-order valence-electron chi connectivity index (χ0n) is 18.4. The highest BCUT2D eigenvalue weighted by molar-refractivity contribution is 6.42. The number of pyridine rings is 1. The number of aryl methyl sites for hydroxylation is 1. The molecule has 0 saturated heterocycles. The van der Waals surface area contributed by atoms with Gasteiger partial charge in [-0.15, -0.1) is 0 Å². The third-order valence-electron chi connectivity index (χ3n) is 6.64. The van der Waals surface area contributed by atoms with Crippen LogP contribution in [-0.2, 0) is 10.4 Å². The van der Waals surface area contributed by atoms with Gasteiger partial charge in [0.15, 0.2) is 5.66 Å². The Labute approximate surface area is 183 Å². The molecule has 2 aliphatic rings. The lowest BCUT2D eigenvalue weighted by molar-refractivity contribution is 0.0426. The first-order valence-corrected chi connectivity index (χ1v) is 10.9. The number of nitrogens with zero attached hydrogens (tertiary/aromatic N) is 4. The number of nitriles is 1. The molecule has 6 heteroatoms. The van der Waals surface area contributed by atoms with Crippen molar-refractivity contribution in [3.05, 3.63) is 53.3 Å². The Balaban J connectivity index is 1.83. The van der Waals surface area contributed by atoms with Gasteiger partial charge in [0.1, 0.15) is 11.9 Å². The van der Waals surface area contributed by atoms with E-state index in [0.29, 0.717) is 17.5 Å². The van der Waals surface area contributed by atoms with Crippen LogP contribution in [0, 0.1) is 24.2 Å². The average molecular weight is 416 g/mol. The molecule has 1 aromatic carbocycles. The van der Waals surface area contributed by atoms with Crippen molar-refractivity contribution in [2.45, 2.75) is 57.7 Å². The summed E-state index contributed by atoms with van der Waals surface area (Å²) in [5.41, 5.74) is 11.2. The van der Waals surface area contributed by atoms with Crippen LogP contribution in [0.3, 0.4) is 0 Å². The number of hydrogen-bond acceptors (Lipinski definition) is 6. The third-order valence-corrected chi connectivity index (χ3v) is 6.64. The normalized spacial score (nSPS) is 25.6. The summed E-state index contributed by atoms with van der Waals surface area (Å²) in [6.07, 6.45) is 8.42. The predicted molar refractivity (Wildman–Crippen MR) is 123 cm³/mol. The Morgan fingerprint density at radius 1 is 1.13 bits per heavy atom. The lowest BCUT2D eigenvalue weighted by atomic mass is 9.74. The maximum absolute atomic E-state index is 9.27. The summed E-state index contributed by atoms with van der Waals surface area (Å²) in [4.78, 5) is 14.4. The molecule has 160 valence electrons. The Bertz CT molecular complexity index is 1080. The molecule has 1 aliphatic carbocycles.